The Bertz CT molecular complexity index is 243. The molecule has 2 N–H and O–H groups in total. The van der Waals surface area contributed by atoms with Gasteiger partial charge in [-0.3, -0.25) is 0 Å². The van der Waals surface area contributed by atoms with Gasteiger partial charge in [0.1, 0.15) is 0 Å². The Morgan fingerprint density at radius 1 is 1.21 bits per heavy atom. The molecule has 0 aliphatic rings. The summed E-state index contributed by atoms with van der Waals surface area (Å²) in [5.74, 6) is 1.21. The normalized spacial score (nSPS) is 15.1. The summed E-state index contributed by atoms with van der Waals surface area (Å²) < 4.78 is 0. The maximum Gasteiger partial charge on any atom is -0.00431 e. The fourth-order valence-electron chi connectivity index (χ4n) is 1.97. The molecule has 0 aliphatic carbocycles. The van der Waals surface area contributed by atoms with Gasteiger partial charge >= 0.3 is 0 Å². The quantitative estimate of drug-likeness (QED) is 0.760. The second-order valence-electron chi connectivity index (χ2n) is 3.98. The van der Waals surface area contributed by atoms with Crippen molar-refractivity contribution in [1.29, 1.82) is 0 Å². The average molecular weight is 191 g/mol. The van der Waals surface area contributed by atoms with Crippen LogP contribution in [0.4, 0.5) is 0 Å². The van der Waals surface area contributed by atoms with E-state index in [4.69, 9.17) is 5.73 Å². The van der Waals surface area contributed by atoms with Crippen molar-refractivity contribution in [3.8, 4) is 0 Å². The summed E-state index contributed by atoms with van der Waals surface area (Å²) in [5.41, 5.74) is 7.21. The minimum atomic E-state index is 0.584. The first-order valence-corrected chi connectivity index (χ1v) is 5.54. The van der Waals surface area contributed by atoms with Gasteiger partial charge in [-0.05, 0) is 30.4 Å². The molecule has 1 aromatic carbocycles. The minimum Gasteiger partial charge on any atom is -0.330 e. The van der Waals surface area contributed by atoms with Crippen LogP contribution in [0.1, 0.15) is 38.2 Å². The van der Waals surface area contributed by atoms with Crippen molar-refractivity contribution in [3.05, 3.63) is 35.9 Å². The van der Waals surface area contributed by atoms with Crippen LogP contribution in [-0.2, 0) is 0 Å². The highest BCUT2D eigenvalue weighted by Gasteiger charge is 2.15. The van der Waals surface area contributed by atoms with Gasteiger partial charge in [0.05, 0.1) is 0 Å². The van der Waals surface area contributed by atoms with E-state index in [0.29, 0.717) is 11.8 Å². The van der Waals surface area contributed by atoms with Crippen molar-refractivity contribution >= 4 is 0 Å². The third-order valence-corrected chi connectivity index (χ3v) is 2.99. The Morgan fingerprint density at radius 2 is 1.86 bits per heavy atom. The molecule has 0 saturated carbocycles. The summed E-state index contributed by atoms with van der Waals surface area (Å²) in [5, 5.41) is 0. The fraction of sp³-hybridized carbons (Fsp3) is 0.538. The van der Waals surface area contributed by atoms with Crippen molar-refractivity contribution in [1.82, 2.24) is 0 Å². The molecular formula is C13H21N. The van der Waals surface area contributed by atoms with Crippen LogP contribution in [0.2, 0.25) is 0 Å². The molecular weight excluding hydrogens is 170 g/mol. The summed E-state index contributed by atoms with van der Waals surface area (Å²) >= 11 is 0. The first-order valence-electron chi connectivity index (χ1n) is 5.54. The van der Waals surface area contributed by atoms with Crippen LogP contribution in [0.5, 0.6) is 0 Å². The molecule has 0 heterocycles. The lowest BCUT2D eigenvalue weighted by Crippen LogP contribution is -2.20. The average Bonchev–Trinajstić information content (AvgIpc) is 2.26. The molecule has 0 spiro atoms. The highest BCUT2D eigenvalue weighted by Crippen LogP contribution is 2.26. The van der Waals surface area contributed by atoms with E-state index >= 15 is 0 Å². The first kappa shape index (κ1) is 11.3. The topological polar surface area (TPSA) is 26.0 Å². The molecule has 1 aromatic rings. The van der Waals surface area contributed by atoms with Crippen LogP contribution in [-0.4, -0.2) is 6.54 Å². The van der Waals surface area contributed by atoms with E-state index in [1.807, 2.05) is 0 Å². The number of hydrogen-bond acceptors (Lipinski definition) is 1. The van der Waals surface area contributed by atoms with Gasteiger partial charge in [0.25, 0.3) is 0 Å². The molecule has 2 atom stereocenters. The summed E-state index contributed by atoms with van der Waals surface area (Å²) in [6.45, 7) is 5.30. The molecule has 0 aromatic heterocycles. The zero-order valence-corrected chi connectivity index (χ0v) is 9.24. The van der Waals surface area contributed by atoms with E-state index < -0.39 is 0 Å². The van der Waals surface area contributed by atoms with Gasteiger partial charge in [-0.2, -0.15) is 0 Å². The Balaban J connectivity index is 2.67. The molecule has 0 bridgehead atoms. The molecule has 1 nitrogen and oxygen atoms in total. The van der Waals surface area contributed by atoms with Gasteiger partial charge in [0.15, 0.2) is 0 Å². The van der Waals surface area contributed by atoms with E-state index in [9.17, 15) is 0 Å². The molecule has 2 unspecified atom stereocenters. The molecule has 0 fully saturated rings. The fourth-order valence-corrected chi connectivity index (χ4v) is 1.97. The molecule has 0 aliphatic heterocycles. The van der Waals surface area contributed by atoms with Crippen molar-refractivity contribution < 1.29 is 0 Å². The second kappa shape index (κ2) is 5.82. The number of nitrogens with two attached hydrogens (primary N) is 1. The molecule has 78 valence electrons. The third-order valence-electron chi connectivity index (χ3n) is 2.99. The van der Waals surface area contributed by atoms with Gasteiger partial charge in [-0.25, -0.2) is 0 Å². The number of rotatable bonds is 5. The Morgan fingerprint density at radius 3 is 2.36 bits per heavy atom. The van der Waals surface area contributed by atoms with E-state index in [0.717, 1.165) is 6.54 Å². The minimum absolute atomic E-state index is 0.584. The zero-order chi connectivity index (χ0) is 10.4. The van der Waals surface area contributed by atoms with Crippen molar-refractivity contribution in [3.63, 3.8) is 0 Å². The van der Waals surface area contributed by atoms with Crippen LogP contribution >= 0.6 is 0 Å². The van der Waals surface area contributed by atoms with E-state index in [1.165, 1.54) is 18.4 Å². The highest BCUT2D eigenvalue weighted by molar-refractivity contribution is 5.19. The lowest BCUT2D eigenvalue weighted by Gasteiger charge is -2.22. The molecule has 1 heteroatoms. The van der Waals surface area contributed by atoms with Crippen LogP contribution in [0, 0.1) is 5.92 Å². The summed E-state index contributed by atoms with van der Waals surface area (Å²) in [6.07, 6.45) is 2.45. The largest absolute Gasteiger partial charge is 0.330 e. The van der Waals surface area contributed by atoms with Crippen LogP contribution < -0.4 is 5.73 Å². The van der Waals surface area contributed by atoms with Crippen LogP contribution in [0.15, 0.2) is 30.3 Å². The van der Waals surface area contributed by atoms with E-state index in [2.05, 4.69) is 44.2 Å². The Kier molecular flexibility index (Phi) is 4.68. The SMILES string of the molecule is CCCC(CN)C(C)c1ccccc1. The standard InChI is InChI=1S/C13H21N/c1-3-7-13(10-14)11(2)12-8-5-4-6-9-12/h4-6,8-9,11,13H,3,7,10,14H2,1-2H3. The lowest BCUT2D eigenvalue weighted by atomic mass is 9.85. The molecule has 0 amide bonds. The number of benzene rings is 1. The summed E-state index contributed by atoms with van der Waals surface area (Å²) in [6, 6.07) is 10.7. The van der Waals surface area contributed by atoms with Crippen molar-refractivity contribution in [2.45, 2.75) is 32.6 Å². The zero-order valence-electron chi connectivity index (χ0n) is 9.24. The van der Waals surface area contributed by atoms with E-state index in [-0.39, 0.29) is 0 Å². The monoisotopic (exact) mass is 191 g/mol. The molecule has 14 heavy (non-hydrogen) atoms. The van der Waals surface area contributed by atoms with Gasteiger partial charge in [-0.15, -0.1) is 0 Å². The van der Waals surface area contributed by atoms with Gasteiger partial charge < -0.3 is 5.73 Å². The van der Waals surface area contributed by atoms with Gasteiger partial charge in [-0.1, -0.05) is 50.6 Å². The first-order chi connectivity index (χ1) is 6.79. The molecule has 1 rings (SSSR count). The smallest absolute Gasteiger partial charge is 0.00431 e. The predicted octanol–water partition coefficient (Wildman–Crippen LogP) is 3.17. The maximum absolute atomic E-state index is 5.80. The lowest BCUT2D eigenvalue weighted by molar-refractivity contribution is 0.420. The Labute approximate surface area is 87.3 Å². The summed E-state index contributed by atoms with van der Waals surface area (Å²) in [7, 11) is 0. The predicted molar refractivity (Wildman–Crippen MR) is 62.3 cm³/mol. The van der Waals surface area contributed by atoms with Gasteiger partial charge in [0.2, 0.25) is 0 Å². The van der Waals surface area contributed by atoms with Crippen LogP contribution in [0.3, 0.4) is 0 Å². The third kappa shape index (κ3) is 2.85. The van der Waals surface area contributed by atoms with Crippen LogP contribution in [0.25, 0.3) is 0 Å². The van der Waals surface area contributed by atoms with Crippen molar-refractivity contribution in [2.75, 3.05) is 6.54 Å². The molecule has 0 saturated heterocycles. The van der Waals surface area contributed by atoms with Gasteiger partial charge in [0, 0.05) is 0 Å². The summed E-state index contributed by atoms with van der Waals surface area (Å²) in [4.78, 5) is 0. The maximum atomic E-state index is 5.80. The molecule has 0 radical (unpaired) electrons. The van der Waals surface area contributed by atoms with E-state index in [1.54, 1.807) is 0 Å². The number of hydrogen-bond donors (Lipinski definition) is 1. The second-order valence-corrected chi connectivity index (χ2v) is 3.98. The Hall–Kier alpha value is -0.820. The van der Waals surface area contributed by atoms with Crippen molar-refractivity contribution in [2.24, 2.45) is 11.7 Å². The highest BCUT2D eigenvalue weighted by atomic mass is 14.6.